The molecule has 0 fully saturated rings. The summed E-state index contributed by atoms with van der Waals surface area (Å²) in [5.74, 6) is 2.31. The highest BCUT2D eigenvalue weighted by Gasteiger charge is 2.27. The summed E-state index contributed by atoms with van der Waals surface area (Å²) < 4.78 is 0. The maximum atomic E-state index is 9.36. The van der Waals surface area contributed by atoms with Crippen LogP contribution in [0.25, 0.3) is 10.8 Å². The van der Waals surface area contributed by atoms with Gasteiger partial charge in [-0.25, -0.2) is 9.97 Å². The molecule has 0 spiro atoms. The van der Waals surface area contributed by atoms with Crippen molar-refractivity contribution in [1.29, 1.82) is 5.26 Å². The summed E-state index contributed by atoms with van der Waals surface area (Å²) in [7, 11) is 0. The van der Waals surface area contributed by atoms with Crippen molar-refractivity contribution in [2.24, 2.45) is 5.73 Å². The van der Waals surface area contributed by atoms with Crippen molar-refractivity contribution < 1.29 is 0 Å². The first-order valence-electron chi connectivity index (χ1n) is 12.8. The van der Waals surface area contributed by atoms with Crippen LogP contribution in [0, 0.1) is 18.3 Å². The number of rotatable bonds is 11. The van der Waals surface area contributed by atoms with Crippen molar-refractivity contribution >= 4 is 33.9 Å². The third-order valence-electron chi connectivity index (χ3n) is 6.84. The Morgan fingerprint density at radius 3 is 2.78 bits per heavy atom. The van der Waals surface area contributed by atoms with Crippen LogP contribution in [0.1, 0.15) is 36.0 Å². The van der Waals surface area contributed by atoms with Crippen LogP contribution in [0.5, 0.6) is 0 Å². The number of nitrogens with two attached hydrogens (primary N) is 1. The first kappa shape index (κ1) is 26.2. The molecule has 0 aliphatic carbocycles. The molecule has 3 aromatic rings. The molecule has 1 aliphatic rings. The summed E-state index contributed by atoms with van der Waals surface area (Å²) in [5.41, 5.74) is 10.9. The van der Waals surface area contributed by atoms with E-state index in [2.05, 4.69) is 71.4 Å². The fourth-order valence-corrected chi connectivity index (χ4v) is 5.24. The fourth-order valence-electron chi connectivity index (χ4n) is 5.13. The van der Waals surface area contributed by atoms with Gasteiger partial charge in [0.15, 0.2) is 0 Å². The zero-order chi connectivity index (χ0) is 25.5. The topological polar surface area (TPSA) is 94.1 Å². The van der Waals surface area contributed by atoms with Crippen molar-refractivity contribution in [3.63, 3.8) is 0 Å². The first-order valence-corrected chi connectivity index (χ1v) is 13.4. The lowest BCUT2D eigenvalue weighted by molar-refractivity contribution is 0.521. The second-order valence-corrected chi connectivity index (χ2v) is 9.68. The standard InChI is InChI=1S/C28H36ClN7/c1-3-26-33-24-19-35(25-9-5-8-21-7-4-6-20(2)27(21)25)16-11-23(24)28(34-26)36(17-14-31)18-22(10-13-30)32-15-12-29/h4-9,22,32H,3,10-12,14-19,31H2,1-2H3. The number of nitrogens with zero attached hydrogens (tertiary/aromatic N) is 5. The third kappa shape index (κ3) is 5.73. The van der Waals surface area contributed by atoms with E-state index in [1.807, 2.05) is 0 Å². The number of benzene rings is 2. The monoisotopic (exact) mass is 505 g/mol. The van der Waals surface area contributed by atoms with Crippen molar-refractivity contribution in [1.82, 2.24) is 15.3 Å². The molecule has 4 rings (SSSR count). The van der Waals surface area contributed by atoms with Crippen LogP contribution < -0.4 is 20.9 Å². The minimum Gasteiger partial charge on any atom is -0.365 e. The average Bonchev–Trinajstić information content (AvgIpc) is 2.90. The minimum atomic E-state index is -0.00487. The quantitative estimate of drug-likeness (QED) is 0.381. The number of aromatic nitrogens is 2. The van der Waals surface area contributed by atoms with Crippen molar-refractivity contribution in [2.45, 2.75) is 45.7 Å². The van der Waals surface area contributed by atoms with E-state index in [0.29, 0.717) is 38.5 Å². The molecule has 0 saturated heterocycles. The highest BCUT2D eigenvalue weighted by molar-refractivity contribution is 6.18. The Morgan fingerprint density at radius 1 is 1.25 bits per heavy atom. The first-order chi connectivity index (χ1) is 17.6. The van der Waals surface area contributed by atoms with Crippen LogP contribution in [0.15, 0.2) is 36.4 Å². The summed E-state index contributed by atoms with van der Waals surface area (Å²) >= 11 is 5.90. The van der Waals surface area contributed by atoms with Gasteiger partial charge in [-0.05, 0) is 30.4 Å². The molecule has 0 bridgehead atoms. The van der Waals surface area contributed by atoms with E-state index in [1.54, 1.807) is 0 Å². The van der Waals surface area contributed by atoms with Crippen LogP contribution in [0.4, 0.5) is 11.5 Å². The maximum Gasteiger partial charge on any atom is 0.136 e. The van der Waals surface area contributed by atoms with Crippen molar-refractivity contribution in [3.8, 4) is 6.07 Å². The lowest BCUT2D eigenvalue weighted by atomic mass is 9.99. The van der Waals surface area contributed by atoms with Crippen LogP contribution in [-0.2, 0) is 19.4 Å². The predicted molar refractivity (Wildman–Crippen MR) is 149 cm³/mol. The molecule has 0 saturated carbocycles. The minimum absolute atomic E-state index is 0.00487. The molecule has 1 unspecified atom stereocenters. The van der Waals surface area contributed by atoms with E-state index in [9.17, 15) is 5.26 Å². The van der Waals surface area contributed by atoms with E-state index < -0.39 is 0 Å². The van der Waals surface area contributed by atoms with Crippen molar-refractivity contribution in [3.05, 3.63) is 59.0 Å². The summed E-state index contributed by atoms with van der Waals surface area (Å²) in [6.45, 7) is 8.40. The van der Waals surface area contributed by atoms with Gasteiger partial charge in [-0.1, -0.05) is 37.3 Å². The maximum absolute atomic E-state index is 9.36. The van der Waals surface area contributed by atoms with E-state index in [-0.39, 0.29) is 6.04 Å². The van der Waals surface area contributed by atoms with Gasteiger partial charge in [0.25, 0.3) is 0 Å². The van der Waals surface area contributed by atoms with E-state index in [1.165, 1.54) is 27.6 Å². The number of hydrogen-bond donors (Lipinski definition) is 2. The van der Waals surface area contributed by atoms with Gasteiger partial charge in [-0.2, -0.15) is 5.26 Å². The molecule has 8 heteroatoms. The number of anilines is 2. The summed E-state index contributed by atoms with van der Waals surface area (Å²) in [6, 6.07) is 15.3. The highest BCUT2D eigenvalue weighted by Crippen LogP contribution is 2.34. The number of nitriles is 1. The van der Waals surface area contributed by atoms with Gasteiger partial charge in [-0.15, -0.1) is 11.6 Å². The number of nitrogens with one attached hydrogen (secondary N) is 1. The number of fused-ring (bicyclic) bond motifs is 2. The Kier molecular flexibility index (Phi) is 8.98. The van der Waals surface area contributed by atoms with E-state index >= 15 is 0 Å². The van der Waals surface area contributed by atoms with Gasteiger partial charge in [0.2, 0.25) is 0 Å². The summed E-state index contributed by atoms with van der Waals surface area (Å²) in [6.07, 6.45) is 2.02. The van der Waals surface area contributed by atoms with Crippen molar-refractivity contribution in [2.75, 3.05) is 48.4 Å². The molecule has 3 N–H and O–H groups in total. The fraction of sp³-hybridized carbons (Fsp3) is 0.464. The van der Waals surface area contributed by atoms with E-state index in [4.69, 9.17) is 27.3 Å². The largest absolute Gasteiger partial charge is 0.365 e. The molecule has 2 heterocycles. The average molecular weight is 506 g/mol. The van der Waals surface area contributed by atoms with Gasteiger partial charge in [0.05, 0.1) is 24.7 Å². The SMILES string of the molecule is CCc1nc2c(c(N(CCN)CC(CC#N)NCCCl)n1)CCN(c1cccc3cccc(C)c13)C2. The number of alkyl halides is 1. The number of aryl methyl sites for hydroxylation is 2. The molecule has 1 aliphatic heterocycles. The van der Waals surface area contributed by atoms with Gasteiger partial charge in [0, 0.05) is 67.7 Å². The lowest BCUT2D eigenvalue weighted by Gasteiger charge is -2.35. The van der Waals surface area contributed by atoms with Crippen LogP contribution in [0.3, 0.4) is 0 Å². The van der Waals surface area contributed by atoms with Gasteiger partial charge in [-0.3, -0.25) is 0 Å². The van der Waals surface area contributed by atoms with E-state index in [0.717, 1.165) is 43.3 Å². The molecule has 36 heavy (non-hydrogen) atoms. The summed E-state index contributed by atoms with van der Waals surface area (Å²) in [5, 5.41) is 15.3. The Balaban J connectivity index is 1.69. The number of hydrogen-bond acceptors (Lipinski definition) is 7. The molecule has 190 valence electrons. The van der Waals surface area contributed by atoms with Crippen LogP contribution in [-0.4, -0.2) is 54.6 Å². The smallest absolute Gasteiger partial charge is 0.136 e. The van der Waals surface area contributed by atoms with Gasteiger partial charge < -0.3 is 20.9 Å². The zero-order valence-corrected chi connectivity index (χ0v) is 22.1. The Hall–Kier alpha value is -2.92. The molecule has 0 amide bonds. The van der Waals surface area contributed by atoms with Gasteiger partial charge >= 0.3 is 0 Å². The van der Waals surface area contributed by atoms with Gasteiger partial charge in [0.1, 0.15) is 11.6 Å². The zero-order valence-electron chi connectivity index (χ0n) is 21.3. The predicted octanol–water partition coefficient (Wildman–Crippen LogP) is 3.94. The molecule has 1 aromatic heterocycles. The third-order valence-corrected chi connectivity index (χ3v) is 7.03. The van der Waals surface area contributed by atoms with Crippen LogP contribution in [0.2, 0.25) is 0 Å². The molecule has 1 atom stereocenters. The molecule has 0 radical (unpaired) electrons. The molecular formula is C28H36ClN7. The highest BCUT2D eigenvalue weighted by atomic mass is 35.5. The Bertz CT molecular complexity index is 1220. The molecular weight excluding hydrogens is 470 g/mol. The summed E-state index contributed by atoms with van der Waals surface area (Å²) in [4.78, 5) is 14.6. The number of halogens is 1. The van der Waals surface area contributed by atoms with Crippen LogP contribution >= 0.6 is 11.6 Å². The Morgan fingerprint density at radius 2 is 2.06 bits per heavy atom. The second kappa shape index (κ2) is 12.4. The normalized spacial score (nSPS) is 13.9. The lowest BCUT2D eigenvalue weighted by Crippen LogP contribution is -2.45. The molecule has 7 nitrogen and oxygen atoms in total. The Labute approximate surface area is 219 Å². The molecule has 2 aromatic carbocycles. The second-order valence-electron chi connectivity index (χ2n) is 9.30.